The van der Waals surface area contributed by atoms with Crippen LogP contribution in [0.15, 0.2) is 74.6 Å². The smallest absolute Gasteiger partial charge is 0.347 e. The summed E-state index contributed by atoms with van der Waals surface area (Å²) in [5.74, 6) is -3.44. The van der Waals surface area contributed by atoms with Gasteiger partial charge in [0.1, 0.15) is 11.5 Å². The van der Waals surface area contributed by atoms with Gasteiger partial charge in [-0.05, 0) is 47.5 Å². The zero-order chi connectivity index (χ0) is 40.9. The largest absolute Gasteiger partial charge is 0.503 e. The van der Waals surface area contributed by atoms with E-state index in [-0.39, 0.29) is 47.2 Å². The van der Waals surface area contributed by atoms with E-state index in [0.717, 1.165) is 21.6 Å². The molecular weight excluding hydrogens is 810 g/mol. The second-order valence-electron chi connectivity index (χ2n) is 13.9. The normalized spacial score (nSPS) is 22.6. The first-order chi connectivity index (χ1) is 27.1. The van der Waals surface area contributed by atoms with Crippen LogP contribution in [0.5, 0.6) is 23.0 Å². The number of fused-ring (bicyclic) bond motifs is 5. The molecular formula is C38H32Cl3FN6O9. The second kappa shape index (κ2) is 13.5. The summed E-state index contributed by atoms with van der Waals surface area (Å²) in [6.45, 7) is -0.404. The first-order valence-corrected chi connectivity index (χ1v) is 18.6. The van der Waals surface area contributed by atoms with Gasteiger partial charge in [0.2, 0.25) is 0 Å². The fraction of sp³-hybridized carbons (Fsp3) is 0.316. The summed E-state index contributed by atoms with van der Waals surface area (Å²) in [7, 11) is 5.79. The van der Waals surface area contributed by atoms with Gasteiger partial charge in [-0.1, -0.05) is 17.7 Å². The molecule has 2 amide bonds. The summed E-state index contributed by atoms with van der Waals surface area (Å²) in [5.41, 5.74) is -0.401. The second-order valence-corrected chi connectivity index (χ2v) is 15.5. The Labute approximate surface area is 336 Å². The minimum absolute atomic E-state index is 0.00382. The highest BCUT2D eigenvalue weighted by molar-refractivity contribution is 6.58. The zero-order valence-electron chi connectivity index (χ0n) is 30.6. The third kappa shape index (κ3) is 5.37. The van der Waals surface area contributed by atoms with Crippen LogP contribution in [0.25, 0.3) is 11.0 Å². The van der Waals surface area contributed by atoms with Crippen molar-refractivity contribution in [2.75, 3.05) is 26.2 Å². The van der Waals surface area contributed by atoms with Crippen LogP contribution in [-0.4, -0.2) is 71.5 Å². The maximum absolute atomic E-state index is 14.6. The Morgan fingerprint density at radius 3 is 2.25 bits per heavy atom. The van der Waals surface area contributed by atoms with Crippen LogP contribution in [0.4, 0.5) is 10.1 Å². The van der Waals surface area contributed by atoms with Crippen molar-refractivity contribution in [3.8, 4) is 23.0 Å². The average molecular weight is 842 g/mol. The van der Waals surface area contributed by atoms with Crippen LogP contribution in [0, 0.1) is 5.82 Å². The topological polar surface area (TPSA) is 169 Å². The molecule has 2 aromatic heterocycles. The van der Waals surface area contributed by atoms with Gasteiger partial charge in [0.05, 0.1) is 55.7 Å². The lowest BCUT2D eigenvalue weighted by Gasteiger charge is -2.49. The lowest BCUT2D eigenvalue weighted by atomic mass is 9.64. The Morgan fingerprint density at radius 1 is 0.912 bits per heavy atom. The number of rotatable bonds is 8. The number of phenols is 1. The minimum atomic E-state index is -2.27. The van der Waals surface area contributed by atoms with E-state index < -0.39 is 68.4 Å². The van der Waals surface area contributed by atoms with Gasteiger partial charge >= 0.3 is 11.4 Å². The van der Waals surface area contributed by atoms with Crippen LogP contribution in [0.3, 0.4) is 0 Å². The Bertz CT molecular complexity index is 2780. The molecule has 3 aromatic carbocycles. The molecule has 4 atom stereocenters. The summed E-state index contributed by atoms with van der Waals surface area (Å²) in [5, 5.41) is 10.4. The molecule has 2 fully saturated rings. The molecule has 1 N–H and O–H groups in total. The average Bonchev–Trinajstić information content (AvgIpc) is 3.53. The molecule has 4 heterocycles. The number of carbonyl (C=O) groups excluding carboxylic acids is 2. The van der Waals surface area contributed by atoms with Crippen molar-refractivity contribution in [3.05, 3.63) is 114 Å². The maximum Gasteiger partial charge on any atom is 0.347 e. The maximum atomic E-state index is 14.6. The van der Waals surface area contributed by atoms with E-state index in [2.05, 4.69) is 4.98 Å². The van der Waals surface area contributed by atoms with Crippen LogP contribution < -0.4 is 36.0 Å². The molecule has 0 radical (unpaired) electrons. The number of benzene rings is 3. The number of amides is 2. The molecule has 0 unspecified atom stereocenters. The molecule has 5 aromatic rings. The number of methoxy groups -OCH3 is 3. The first kappa shape index (κ1) is 38.3. The Morgan fingerprint density at radius 2 is 1.58 bits per heavy atom. The molecule has 0 bridgehead atoms. The highest BCUT2D eigenvalue weighted by Gasteiger charge is 2.75. The first-order valence-electron chi connectivity index (χ1n) is 17.4. The molecule has 8 rings (SSSR count). The number of ether oxygens (including phenoxy) is 3. The number of aryl methyl sites for hydroxylation is 2. The van der Waals surface area contributed by atoms with Crippen LogP contribution in [0.2, 0.25) is 5.02 Å². The van der Waals surface area contributed by atoms with E-state index in [0.29, 0.717) is 28.1 Å². The fourth-order valence-corrected chi connectivity index (χ4v) is 9.41. The van der Waals surface area contributed by atoms with Gasteiger partial charge in [-0.2, -0.15) is 0 Å². The number of anilines is 1. The number of hydrogen-bond acceptors (Lipinski definition) is 10. The van der Waals surface area contributed by atoms with Gasteiger partial charge < -0.3 is 23.9 Å². The van der Waals surface area contributed by atoms with E-state index in [4.69, 9.17) is 49.0 Å². The van der Waals surface area contributed by atoms with Crippen molar-refractivity contribution in [1.82, 2.24) is 23.5 Å². The Kier molecular flexibility index (Phi) is 9.09. The van der Waals surface area contributed by atoms with Crippen LogP contribution >= 0.6 is 34.8 Å². The van der Waals surface area contributed by atoms with Crippen molar-refractivity contribution < 1.29 is 33.3 Å². The SMILES string of the molecule is COc1cc2nc(CCn3c(=O)n4n(c3=O)[C@@H]3C[C@@]5(Cl)C(=O)N(c6ccc(F)cc6)C(=O)[C@@]5(Cl)[C@@H](c5cc(Cl)c(O)c(OC)c5)C3=CC4)c(=O)n(C)c2cc1OC. The molecule has 2 aliphatic heterocycles. The lowest BCUT2D eigenvalue weighted by molar-refractivity contribution is -0.122. The minimum Gasteiger partial charge on any atom is -0.503 e. The predicted octanol–water partition coefficient (Wildman–Crippen LogP) is 4.02. The molecule has 296 valence electrons. The number of alkyl halides is 2. The molecule has 3 aliphatic rings. The van der Waals surface area contributed by atoms with Gasteiger partial charge in [0.15, 0.2) is 32.7 Å². The number of allylic oxidation sites excluding steroid dienone is 2. The van der Waals surface area contributed by atoms with Gasteiger partial charge in [-0.15, -0.1) is 23.2 Å². The number of halogens is 4. The highest BCUT2D eigenvalue weighted by atomic mass is 35.5. The number of phenolic OH excluding ortho intramolecular Hbond substituents is 1. The third-order valence-electron chi connectivity index (χ3n) is 11.1. The van der Waals surface area contributed by atoms with Crippen molar-refractivity contribution in [2.24, 2.45) is 7.05 Å². The molecule has 0 spiro atoms. The summed E-state index contributed by atoms with van der Waals surface area (Å²) in [6, 6.07) is 9.48. The number of aromatic hydroxyl groups is 1. The number of hydrogen-bond donors (Lipinski definition) is 1. The van der Waals surface area contributed by atoms with Crippen molar-refractivity contribution in [3.63, 3.8) is 0 Å². The van der Waals surface area contributed by atoms with E-state index in [1.54, 1.807) is 25.3 Å². The predicted molar refractivity (Wildman–Crippen MR) is 207 cm³/mol. The monoisotopic (exact) mass is 840 g/mol. The van der Waals surface area contributed by atoms with Gasteiger partial charge in [-0.25, -0.2) is 37.8 Å². The highest BCUT2D eigenvalue weighted by Crippen LogP contribution is 2.64. The molecule has 57 heavy (non-hydrogen) atoms. The van der Waals surface area contributed by atoms with Crippen molar-refractivity contribution in [2.45, 2.75) is 47.6 Å². The molecule has 15 nitrogen and oxygen atoms in total. The summed E-state index contributed by atoms with van der Waals surface area (Å²) >= 11 is 21.2. The van der Waals surface area contributed by atoms with Gasteiger partial charge in [0.25, 0.3) is 17.4 Å². The molecule has 1 aliphatic carbocycles. The van der Waals surface area contributed by atoms with Gasteiger partial charge in [-0.3, -0.25) is 14.4 Å². The molecule has 1 saturated heterocycles. The van der Waals surface area contributed by atoms with Crippen molar-refractivity contribution in [1.29, 1.82) is 0 Å². The van der Waals surface area contributed by atoms with Crippen LogP contribution in [0.1, 0.15) is 29.6 Å². The summed E-state index contributed by atoms with van der Waals surface area (Å²) < 4.78 is 34.8. The summed E-state index contributed by atoms with van der Waals surface area (Å²) in [4.78, 5) is 71.7. The van der Waals surface area contributed by atoms with E-state index in [1.165, 1.54) is 59.5 Å². The number of carbonyl (C=O) groups is 2. The number of aromatic nitrogens is 5. The quantitative estimate of drug-likeness (QED) is 0.137. The third-order valence-corrected chi connectivity index (χ3v) is 12.8. The van der Waals surface area contributed by atoms with E-state index in [9.17, 15) is 33.5 Å². The Hall–Kier alpha value is -5.58. The summed E-state index contributed by atoms with van der Waals surface area (Å²) in [6.07, 6.45) is 1.10. The Balaban J connectivity index is 1.24. The zero-order valence-corrected chi connectivity index (χ0v) is 32.9. The van der Waals surface area contributed by atoms with E-state index >= 15 is 0 Å². The molecule has 19 heteroatoms. The van der Waals surface area contributed by atoms with E-state index in [1.807, 2.05) is 0 Å². The lowest BCUT2D eigenvalue weighted by Crippen LogP contribution is -2.59. The van der Waals surface area contributed by atoms with Crippen molar-refractivity contribution >= 4 is 63.3 Å². The van der Waals surface area contributed by atoms with Gasteiger partial charge in [0, 0.05) is 44.5 Å². The molecule has 1 saturated carbocycles. The number of imide groups is 1. The van der Waals surface area contributed by atoms with Crippen LogP contribution in [-0.2, 0) is 36.1 Å². The number of nitrogens with zero attached hydrogens (tertiary/aromatic N) is 6. The fourth-order valence-electron chi connectivity index (χ4n) is 8.28. The standard InChI is InChI=1S/C38H32Cl3FN6O9/c1-44-25-16-28(56-3)27(55-2)15-24(25)43-23(32(44)50)10-11-45-35(53)46-12-9-21-26(48(46)36(45)54)17-37(40)33(51)47(20-7-5-19(42)6-8-20)34(52)38(37,41)30(21)18-13-22(39)31(49)29(14-18)57-4/h5-9,13-16,26,30,49H,10-12,17H2,1-4H3/t26-,30+,37-,38+/m1/s1.